The summed E-state index contributed by atoms with van der Waals surface area (Å²) in [5, 5.41) is 0. The molecule has 0 radical (unpaired) electrons. The van der Waals surface area contributed by atoms with Crippen molar-refractivity contribution >= 4 is 9.84 Å². The van der Waals surface area contributed by atoms with E-state index in [-0.39, 0.29) is 0 Å². The number of rotatable bonds is 1. The lowest BCUT2D eigenvalue weighted by atomic mass is 9.95. The van der Waals surface area contributed by atoms with Crippen molar-refractivity contribution in [3.63, 3.8) is 0 Å². The van der Waals surface area contributed by atoms with Crippen LogP contribution in [0, 0.1) is 11.3 Å². The van der Waals surface area contributed by atoms with E-state index in [1.807, 2.05) is 0 Å². The number of hydrogen-bond acceptors (Lipinski definition) is 2. The second kappa shape index (κ2) is 2.47. The predicted octanol–water partition coefficient (Wildman–Crippen LogP) is 1.61. The molecule has 2 rings (SSSR count). The minimum Gasteiger partial charge on any atom is -0.229 e. The van der Waals surface area contributed by atoms with Crippen molar-refractivity contribution in [3.05, 3.63) is 0 Å². The lowest BCUT2D eigenvalue weighted by molar-refractivity contribution is 0.399. The van der Waals surface area contributed by atoms with Crippen LogP contribution >= 0.6 is 0 Å². The van der Waals surface area contributed by atoms with Gasteiger partial charge in [-0.2, -0.15) is 0 Å². The molecule has 0 aromatic rings. The Bertz CT molecular complexity index is 265. The fourth-order valence-electron chi connectivity index (χ4n) is 2.57. The van der Waals surface area contributed by atoms with Crippen molar-refractivity contribution in [2.24, 2.45) is 11.3 Å². The van der Waals surface area contributed by atoms with Gasteiger partial charge in [0.1, 0.15) is 9.84 Å². The maximum atomic E-state index is 11.2. The Hall–Kier alpha value is -0.0500. The highest BCUT2D eigenvalue weighted by Crippen LogP contribution is 2.61. The van der Waals surface area contributed by atoms with Gasteiger partial charge in [-0.15, -0.1) is 0 Å². The van der Waals surface area contributed by atoms with Gasteiger partial charge in [-0.3, -0.25) is 0 Å². The van der Waals surface area contributed by atoms with Crippen LogP contribution in [0.2, 0.25) is 0 Å². The molecule has 2 aliphatic rings. The molecule has 1 atom stereocenters. The zero-order chi connectivity index (χ0) is 8.82. The van der Waals surface area contributed by atoms with Gasteiger partial charge < -0.3 is 0 Å². The molecule has 1 heterocycles. The van der Waals surface area contributed by atoms with E-state index >= 15 is 0 Å². The lowest BCUT2D eigenvalue weighted by Crippen LogP contribution is -2.25. The Labute approximate surface area is 74.3 Å². The Balaban J connectivity index is 2.01. The molecule has 0 amide bonds. The van der Waals surface area contributed by atoms with Crippen molar-refractivity contribution in [2.45, 2.75) is 32.6 Å². The SMILES string of the molecule is CC[C@H]1CC12CCS(=O)(=O)CC2. The Morgan fingerprint density at radius 3 is 2.33 bits per heavy atom. The van der Waals surface area contributed by atoms with Crippen LogP contribution in [0.15, 0.2) is 0 Å². The molecule has 2 fully saturated rings. The molecule has 70 valence electrons. The third kappa shape index (κ3) is 1.28. The largest absolute Gasteiger partial charge is 0.229 e. The van der Waals surface area contributed by atoms with E-state index in [4.69, 9.17) is 0 Å². The summed E-state index contributed by atoms with van der Waals surface area (Å²) in [7, 11) is -2.65. The first kappa shape index (κ1) is 8.54. The van der Waals surface area contributed by atoms with Gasteiger partial charge in [0.05, 0.1) is 11.5 Å². The average molecular weight is 188 g/mol. The molecule has 2 nitrogen and oxygen atoms in total. The van der Waals surface area contributed by atoms with E-state index in [9.17, 15) is 8.42 Å². The summed E-state index contributed by atoms with van der Waals surface area (Å²) >= 11 is 0. The van der Waals surface area contributed by atoms with E-state index in [0.29, 0.717) is 16.9 Å². The normalized spacial score (nSPS) is 36.6. The molecular formula is C9H16O2S. The monoisotopic (exact) mass is 188 g/mol. The van der Waals surface area contributed by atoms with Crippen molar-refractivity contribution in [1.82, 2.24) is 0 Å². The summed E-state index contributed by atoms with van der Waals surface area (Å²) in [6.07, 6.45) is 4.40. The Kier molecular flexibility index (Phi) is 1.76. The van der Waals surface area contributed by atoms with E-state index < -0.39 is 9.84 Å². The molecule has 0 bridgehead atoms. The second-order valence-corrected chi connectivity index (χ2v) is 6.63. The van der Waals surface area contributed by atoms with Gasteiger partial charge in [0.25, 0.3) is 0 Å². The quantitative estimate of drug-likeness (QED) is 0.626. The zero-order valence-electron chi connectivity index (χ0n) is 7.54. The molecule has 0 N–H and O–H groups in total. The van der Waals surface area contributed by atoms with Gasteiger partial charge in [-0.1, -0.05) is 13.3 Å². The van der Waals surface area contributed by atoms with Crippen molar-refractivity contribution in [1.29, 1.82) is 0 Å². The molecule has 1 aliphatic heterocycles. The molecule has 0 unspecified atom stereocenters. The fourth-order valence-corrected chi connectivity index (χ4v) is 4.21. The second-order valence-electron chi connectivity index (χ2n) is 4.32. The van der Waals surface area contributed by atoms with Gasteiger partial charge >= 0.3 is 0 Å². The van der Waals surface area contributed by atoms with Crippen molar-refractivity contribution < 1.29 is 8.42 Å². The van der Waals surface area contributed by atoms with Gasteiger partial charge in [-0.05, 0) is 30.6 Å². The molecule has 1 saturated heterocycles. The van der Waals surface area contributed by atoms with E-state index in [1.54, 1.807) is 0 Å². The standard InChI is InChI=1S/C9H16O2S/c1-2-8-7-9(8)3-5-12(10,11)6-4-9/h8H,2-7H2,1H3/t8-/m0/s1. The third-order valence-corrected chi connectivity index (χ3v) is 5.33. The molecule has 1 saturated carbocycles. The topological polar surface area (TPSA) is 34.1 Å². The molecule has 0 aromatic heterocycles. The van der Waals surface area contributed by atoms with Crippen LogP contribution in [-0.2, 0) is 9.84 Å². The van der Waals surface area contributed by atoms with Crippen LogP contribution in [0.25, 0.3) is 0 Å². The van der Waals surface area contributed by atoms with Gasteiger partial charge in [0.15, 0.2) is 0 Å². The van der Waals surface area contributed by atoms with Gasteiger partial charge in [-0.25, -0.2) is 8.42 Å². The summed E-state index contributed by atoms with van der Waals surface area (Å²) in [6, 6.07) is 0. The van der Waals surface area contributed by atoms with E-state index in [2.05, 4.69) is 6.92 Å². The zero-order valence-corrected chi connectivity index (χ0v) is 8.36. The maximum Gasteiger partial charge on any atom is 0.150 e. The maximum absolute atomic E-state index is 11.2. The van der Waals surface area contributed by atoms with Crippen LogP contribution in [0.4, 0.5) is 0 Å². The lowest BCUT2D eigenvalue weighted by Gasteiger charge is -2.22. The summed E-state index contributed by atoms with van der Waals surface area (Å²) < 4.78 is 22.3. The minimum atomic E-state index is -2.65. The molecule has 3 heteroatoms. The fraction of sp³-hybridized carbons (Fsp3) is 1.00. The number of sulfone groups is 1. The van der Waals surface area contributed by atoms with Gasteiger partial charge in [0, 0.05) is 0 Å². The van der Waals surface area contributed by atoms with Crippen LogP contribution in [0.5, 0.6) is 0 Å². The van der Waals surface area contributed by atoms with Crippen molar-refractivity contribution in [2.75, 3.05) is 11.5 Å². The predicted molar refractivity (Wildman–Crippen MR) is 48.7 cm³/mol. The highest BCUT2D eigenvalue weighted by atomic mass is 32.2. The average Bonchev–Trinajstić information content (AvgIpc) is 2.72. The van der Waals surface area contributed by atoms with E-state index in [0.717, 1.165) is 18.8 Å². The van der Waals surface area contributed by atoms with Crippen LogP contribution in [-0.4, -0.2) is 19.9 Å². The Morgan fingerprint density at radius 2 is 1.92 bits per heavy atom. The molecule has 1 aliphatic carbocycles. The summed E-state index contributed by atoms with van der Waals surface area (Å²) in [5.41, 5.74) is 0.472. The first-order valence-corrected chi connectivity index (χ1v) is 6.60. The first-order valence-electron chi connectivity index (χ1n) is 4.78. The van der Waals surface area contributed by atoms with Crippen molar-refractivity contribution in [3.8, 4) is 0 Å². The van der Waals surface area contributed by atoms with E-state index in [1.165, 1.54) is 12.8 Å². The van der Waals surface area contributed by atoms with Gasteiger partial charge in [0.2, 0.25) is 0 Å². The smallest absolute Gasteiger partial charge is 0.150 e. The van der Waals surface area contributed by atoms with Crippen LogP contribution in [0.1, 0.15) is 32.6 Å². The summed E-state index contributed by atoms with van der Waals surface area (Å²) in [6.45, 7) is 2.21. The van der Waals surface area contributed by atoms with Crippen LogP contribution < -0.4 is 0 Å². The summed E-state index contributed by atoms with van der Waals surface area (Å²) in [5.74, 6) is 1.74. The third-order valence-electron chi connectivity index (χ3n) is 3.67. The molecule has 1 spiro atoms. The molecule has 12 heavy (non-hydrogen) atoms. The number of hydrogen-bond donors (Lipinski definition) is 0. The summed E-state index contributed by atoms with van der Waals surface area (Å²) in [4.78, 5) is 0. The minimum absolute atomic E-state index is 0.448. The van der Waals surface area contributed by atoms with Crippen LogP contribution in [0.3, 0.4) is 0 Å². The Morgan fingerprint density at radius 1 is 1.33 bits per heavy atom. The highest BCUT2D eigenvalue weighted by molar-refractivity contribution is 7.91. The highest BCUT2D eigenvalue weighted by Gasteiger charge is 2.54. The first-order chi connectivity index (χ1) is 5.58. The molecule has 0 aromatic carbocycles. The molecular weight excluding hydrogens is 172 g/mol.